The van der Waals surface area contributed by atoms with Gasteiger partial charge in [-0.15, -0.1) is 0 Å². The molecule has 3 aromatic rings. The van der Waals surface area contributed by atoms with Gasteiger partial charge in [0, 0.05) is 35.8 Å². The van der Waals surface area contributed by atoms with E-state index < -0.39 is 5.72 Å². The molecule has 3 aliphatic rings. The van der Waals surface area contributed by atoms with E-state index in [0.717, 1.165) is 48.1 Å². The molecule has 0 saturated carbocycles. The number of nitrogens with two attached hydrogens (primary N) is 1. The highest BCUT2D eigenvalue weighted by molar-refractivity contribution is 6.30. The van der Waals surface area contributed by atoms with Gasteiger partial charge in [-0.1, -0.05) is 23.7 Å². The predicted molar refractivity (Wildman–Crippen MR) is 125 cm³/mol. The van der Waals surface area contributed by atoms with Gasteiger partial charge in [-0.3, -0.25) is 4.68 Å². The second kappa shape index (κ2) is 6.81. The molecule has 0 radical (unpaired) electrons. The fourth-order valence-electron chi connectivity index (χ4n) is 6.06. The predicted octanol–water partition coefficient (Wildman–Crippen LogP) is 4.26. The van der Waals surface area contributed by atoms with Crippen molar-refractivity contribution in [2.24, 2.45) is 23.2 Å². The summed E-state index contributed by atoms with van der Waals surface area (Å²) in [5.74, 6) is -0.00899. The number of benzene rings is 2. The highest BCUT2D eigenvalue weighted by Gasteiger charge is 2.63. The van der Waals surface area contributed by atoms with Crippen molar-refractivity contribution in [3.05, 3.63) is 75.3 Å². The number of hydroxylamine groups is 2. The standard InChI is InChI=1S/C25H25ClFN5O/c1-14-20-13-24(7-6-22(20)31(2)30-14)12-16-5-4-15(17-8-18(26)11-19(27)9-17)10-21(16)25(24)29-23(28)32(3)33-25/h4-5,8-11H,6-7,12-13H2,1-3H3,(H2,28,29). The Bertz CT molecular complexity index is 1330. The van der Waals surface area contributed by atoms with Crippen LogP contribution in [0.4, 0.5) is 4.39 Å². The lowest BCUT2D eigenvalue weighted by atomic mass is 9.66. The summed E-state index contributed by atoms with van der Waals surface area (Å²) in [6, 6.07) is 10.8. The smallest absolute Gasteiger partial charge is 0.221 e. The molecule has 2 N–H and O–H groups in total. The lowest BCUT2D eigenvalue weighted by Gasteiger charge is -2.43. The number of fused-ring (bicyclic) bond motifs is 4. The molecule has 2 heterocycles. The van der Waals surface area contributed by atoms with E-state index in [9.17, 15) is 4.39 Å². The first-order chi connectivity index (χ1) is 15.7. The lowest BCUT2D eigenvalue weighted by Crippen LogP contribution is -2.47. The SMILES string of the molecule is Cc1nn(C)c2c1CC1(CC2)Cc2ccc(-c3cc(F)cc(Cl)c3)cc2C12N=C(N)N(C)O2. The number of hydrogen-bond donors (Lipinski definition) is 1. The average molecular weight is 466 g/mol. The molecule has 8 heteroatoms. The van der Waals surface area contributed by atoms with Crippen molar-refractivity contribution in [1.82, 2.24) is 14.8 Å². The minimum Gasteiger partial charge on any atom is -0.368 e. The van der Waals surface area contributed by atoms with Gasteiger partial charge in [0.15, 0.2) is 0 Å². The van der Waals surface area contributed by atoms with Crippen LogP contribution in [0.5, 0.6) is 0 Å². The van der Waals surface area contributed by atoms with Gasteiger partial charge in [0.25, 0.3) is 0 Å². The van der Waals surface area contributed by atoms with Gasteiger partial charge in [-0.2, -0.15) is 5.10 Å². The summed E-state index contributed by atoms with van der Waals surface area (Å²) in [5.41, 5.74) is 12.4. The molecule has 0 fully saturated rings. The Hall–Kier alpha value is -2.90. The van der Waals surface area contributed by atoms with Gasteiger partial charge in [0.1, 0.15) is 5.82 Å². The summed E-state index contributed by atoms with van der Waals surface area (Å²) >= 11 is 6.14. The number of nitrogens with zero attached hydrogens (tertiary/aromatic N) is 4. The largest absolute Gasteiger partial charge is 0.368 e. The van der Waals surface area contributed by atoms with Crippen LogP contribution in [0.15, 0.2) is 41.4 Å². The van der Waals surface area contributed by atoms with Gasteiger partial charge in [-0.05, 0) is 79.1 Å². The summed E-state index contributed by atoms with van der Waals surface area (Å²) in [4.78, 5) is 11.5. The molecule has 1 aromatic heterocycles. The Morgan fingerprint density at radius 3 is 2.67 bits per heavy atom. The van der Waals surface area contributed by atoms with Gasteiger partial charge in [0.2, 0.25) is 11.7 Å². The molecule has 170 valence electrons. The quantitative estimate of drug-likeness (QED) is 0.583. The van der Waals surface area contributed by atoms with Crippen LogP contribution in [-0.4, -0.2) is 27.9 Å². The normalized spacial score (nSPS) is 25.6. The van der Waals surface area contributed by atoms with Crippen LogP contribution in [-0.2, 0) is 36.9 Å². The Labute approximate surface area is 196 Å². The second-order valence-corrected chi connectivity index (χ2v) is 9.94. The zero-order valence-electron chi connectivity index (χ0n) is 18.8. The molecule has 2 atom stereocenters. The van der Waals surface area contributed by atoms with E-state index in [0.29, 0.717) is 11.0 Å². The Balaban J connectivity index is 1.53. The summed E-state index contributed by atoms with van der Waals surface area (Å²) in [6.45, 7) is 2.07. The third-order valence-electron chi connectivity index (χ3n) is 7.61. The molecular formula is C25H25ClFN5O. The molecule has 33 heavy (non-hydrogen) atoms. The average Bonchev–Trinajstić information content (AvgIpc) is 3.31. The molecule has 2 spiro atoms. The van der Waals surface area contributed by atoms with Gasteiger partial charge in [-0.25, -0.2) is 19.3 Å². The van der Waals surface area contributed by atoms with E-state index in [2.05, 4.69) is 24.2 Å². The Morgan fingerprint density at radius 2 is 1.94 bits per heavy atom. The van der Waals surface area contributed by atoms with Crippen molar-refractivity contribution < 1.29 is 9.23 Å². The Morgan fingerprint density at radius 1 is 1.12 bits per heavy atom. The van der Waals surface area contributed by atoms with Crippen molar-refractivity contribution in [1.29, 1.82) is 0 Å². The van der Waals surface area contributed by atoms with E-state index >= 15 is 0 Å². The van der Waals surface area contributed by atoms with E-state index in [4.69, 9.17) is 27.2 Å². The number of aromatic nitrogens is 2. The second-order valence-electron chi connectivity index (χ2n) is 9.50. The zero-order chi connectivity index (χ0) is 23.1. The highest BCUT2D eigenvalue weighted by Crippen LogP contribution is 2.61. The van der Waals surface area contributed by atoms with Crippen molar-refractivity contribution in [2.75, 3.05) is 7.05 Å². The van der Waals surface area contributed by atoms with E-state index in [1.54, 1.807) is 18.2 Å². The number of aryl methyl sites for hydroxylation is 2. The molecule has 1 aliphatic heterocycles. The molecule has 0 amide bonds. The number of halogens is 2. The number of guanidine groups is 1. The van der Waals surface area contributed by atoms with Crippen LogP contribution in [0.2, 0.25) is 5.02 Å². The molecule has 0 saturated heterocycles. The van der Waals surface area contributed by atoms with Crippen molar-refractivity contribution in [3.8, 4) is 11.1 Å². The van der Waals surface area contributed by atoms with E-state index in [1.165, 1.54) is 29.0 Å². The highest BCUT2D eigenvalue weighted by atomic mass is 35.5. The fourth-order valence-corrected chi connectivity index (χ4v) is 6.28. The van der Waals surface area contributed by atoms with Crippen molar-refractivity contribution in [2.45, 2.75) is 38.3 Å². The van der Waals surface area contributed by atoms with Crippen LogP contribution in [0.3, 0.4) is 0 Å². The molecule has 0 bridgehead atoms. The number of hydrogen-bond acceptors (Lipinski definition) is 5. The first-order valence-electron chi connectivity index (χ1n) is 11.1. The lowest BCUT2D eigenvalue weighted by molar-refractivity contribution is -0.224. The van der Waals surface area contributed by atoms with Crippen LogP contribution in [0, 0.1) is 18.2 Å². The molecule has 2 unspecified atom stereocenters. The number of rotatable bonds is 1. The summed E-state index contributed by atoms with van der Waals surface area (Å²) in [5, 5.41) is 6.60. The maximum atomic E-state index is 14.1. The van der Waals surface area contributed by atoms with Crippen molar-refractivity contribution >= 4 is 17.6 Å². The third kappa shape index (κ3) is 2.82. The zero-order valence-corrected chi connectivity index (χ0v) is 19.6. The third-order valence-corrected chi connectivity index (χ3v) is 7.83. The van der Waals surface area contributed by atoms with E-state index in [1.807, 2.05) is 17.8 Å². The first kappa shape index (κ1) is 20.7. The van der Waals surface area contributed by atoms with Gasteiger partial charge >= 0.3 is 0 Å². The van der Waals surface area contributed by atoms with Crippen LogP contribution < -0.4 is 5.73 Å². The number of aliphatic imine (C=N–C) groups is 1. The topological polar surface area (TPSA) is 68.7 Å². The summed E-state index contributed by atoms with van der Waals surface area (Å²) in [7, 11) is 3.80. The van der Waals surface area contributed by atoms with Crippen LogP contribution in [0.25, 0.3) is 11.1 Å². The first-order valence-corrected chi connectivity index (χ1v) is 11.5. The molecular weight excluding hydrogens is 441 g/mol. The monoisotopic (exact) mass is 465 g/mol. The van der Waals surface area contributed by atoms with Gasteiger partial charge in [0.05, 0.1) is 5.69 Å². The summed E-state index contributed by atoms with van der Waals surface area (Å²) in [6.07, 6.45) is 3.43. The molecule has 2 aromatic carbocycles. The van der Waals surface area contributed by atoms with Crippen LogP contribution >= 0.6 is 11.6 Å². The minimum absolute atomic E-state index is 0.288. The molecule has 6 rings (SSSR count). The fraction of sp³-hybridized carbons (Fsp3) is 0.360. The molecule has 6 nitrogen and oxygen atoms in total. The minimum atomic E-state index is -0.936. The molecule has 2 aliphatic carbocycles. The van der Waals surface area contributed by atoms with Crippen LogP contribution in [0.1, 0.15) is 34.5 Å². The Kier molecular flexibility index (Phi) is 4.27. The van der Waals surface area contributed by atoms with Crippen molar-refractivity contribution in [3.63, 3.8) is 0 Å². The van der Waals surface area contributed by atoms with Gasteiger partial charge < -0.3 is 5.73 Å². The van der Waals surface area contributed by atoms with E-state index in [-0.39, 0.29) is 11.2 Å². The summed E-state index contributed by atoms with van der Waals surface area (Å²) < 4.78 is 16.1. The maximum Gasteiger partial charge on any atom is 0.221 e. The maximum absolute atomic E-state index is 14.1.